The van der Waals surface area contributed by atoms with Crippen molar-refractivity contribution in [2.24, 2.45) is 4.99 Å². The molecule has 1 aromatic carbocycles. The van der Waals surface area contributed by atoms with Crippen molar-refractivity contribution in [3.05, 3.63) is 48.0 Å². The van der Waals surface area contributed by atoms with E-state index in [1.165, 1.54) is 12.1 Å². The van der Waals surface area contributed by atoms with Crippen LogP contribution in [-0.4, -0.2) is 46.5 Å². The number of aliphatic imine (C=N–C) groups is 1. The number of amidine groups is 1. The third-order valence-corrected chi connectivity index (χ3v) is 4.85. The van der Waals surface area contributed by atoms with E-state index >= 15 is 0 Å². The van der Waals surface area contributed by atoms with Gasteiger partial charge in [0.25, 0.3) is 6.02 Å². The molecule has 0 saturated carbocycles. The van der Waals surface area contributed by atoms with Crippen LogP contribution < -0.4 is 10.1 Å². The summed E-state index contributed by atoms with van der Waals surface area (Å²) in [5.41, 5.74) is 0.190. The standard InChI is InChI=1S/C21H22F2N4O3/c1-12(2)14-8-25-19-18(14)17(5-6-24-19)30-16-4-3-13(7-15(16)22)27-20-26-9-21(23,10-28)11-29-20/h3-8,12,28H,9-11H2,1-2H3,(H,24,25)(H,26,27)/t21-/m1/s1. The van der Waals surface area contributed by atoms with Gasteiger partial charge in [0.1, 0.15) is 18.0 Å². The minimum absolute atomic E-state index is 0.0542. The molecule has 158 valence electrons. The zero-order valence-corrected chi connectivity index (χ0v) is 16.6. The van der Waals surface area contributed by atoms with E-state index in [-0.39, 0.29) is 30.8 Å². The molecule has 0 unspecified atom stereocenters. The Hall–Kier alpha value is -3.20. The third kappa shape index (κ3) is 3.93. The average molecular weight is 416 g/mol. The predicted octanol–water partition coefficient (Wildman–Crippen LogP) is 4.12. The Balaban J connectivity index is 1.54. The van der Waals surface area contributed by atoms with E-state index in [9.17, 15) is 8.78 Å². The maximum atomic E-state index is 14.7. The fourth-order valence-corrected chi connectivity index (χ4v) is 3.17. The van der Waals surface area contributed by atoms with E-state index in [2.05, 4.69) is 34.1 Å². The number of rotatable bonds is 5. The molecule has 2 aromatic heterocycles. The van der Waals surface area contributed by atoms with Gasteiger partial charge in [0.15, 0.2) is 17.2 Å². The second-order valence-electron chi connectivity index (χ2n) is 7.52. The summed E-state index contributed by atoms with van der Waals surface area (Å²) in [5, 5.41) is 12.6. The van der Waals surface area contributed by atoms with Crippen LogP contribution in [0.25, 0.3) is 11.0 Å². The fourth-order valence-electron chi connectivity index (χ4n) is 3.17. The summed E-state index contributed by atoms with van der Waals surface area (Å²) in [5.74, 6) is 0.219. The first-order valence-electron chi connectivity index (χ1n) is 9.56. The molecule has 3 N–H and O–H groups in total. The molecule has 1 aliphatic rings. The van der Waals surface area contributed by atoms with Crippen LogP contribution in [-0.2, 0) is 4.74 Å². The quantitative estimate of drug-likeness (QED) is 0.582. The predicted molar refractivity (Wildman–Crippen MR) is 109 cm³/mol. The van der Waals surface area contributed by atoms with Gasteiger partial charge in [-0.2, -0.15) is 0 Å². The lowest BCUT2D eigenvalue weighted by atomic mass is 10.0. The smallest absolute Gasteiger partial charge is 0.289 e. The van der Waals surface area contributed by atoms with E-state index in [4.69, 9.17) is 14.6 Å². The fraction of sp³-hybridized carbons (Fsp3) is 0.333. The molecule has 9 heteroatoms. The van der Waals surface area contributed by atoms with E-state index < -0.39 is 18.1 Å². The van der Waals surface area contributed by atoms with Gasteiger partial charge >= 0.3 is 0 Å². The molecule has 3 heterocycles. The number of alkyl halides is 1. The minimum atomic E-state index is -1.89. The number of aliphatic hydroxyl groups excluding tert-OH is 1. The highest BCUT2D eigenvalue weighted by atomic mass is 19.1. The summed E-state index contributed by atoms with van der Waals surface area (Å²) < 4.78 is 39.6. The number of ether oxygens (including phenoxy) is 2. The van der Waals surface area contributed by atoms with Crippen LogP contribution in [0.3, 0.4) is 0 Å². The molecule has 4 rings (SSSR count). The van der Waals surface area contributed by atoms with Gasteiger partial charge in [-0.25, -0.2) is 18.8 Å². The van der Waals surface area contributed by atoms with E-state index in [1.807, 2.05) is 6.20 Å². The van der Waals surface area contributed by atoms with Gasteiger partial charge in [0, 0.05) is 24.1 Å². The van der Waals surface area contributed by atoms with Crippen LogP contribution in [0.1, 0.15) is 25.3 Å². The number of pyridine rings is 1. The molecule has 0 radical (unpaired) electrons. The summed E-state index contributed by atoms with van der Waals surface area (Å²) in [6, 6.07) is 6.09. The molecule has 0 spiro atoms. The van der Waals surface area contributed by atoms with Crippen molar-refractivity contribution < 1.29 is 23.4 Å². The summed E-state index contributed by atoms with van der Waals surface area (Å²) in [6.45, 7) is 2.88. The normalized spacial score (nSPS) is 18.9. The zero-order valence-electron chi connectivity index (χ0n) is 16.6. The highest BCUT2D eigenvalue weighted by molar-refractivity contribution is 5.90. The molecule has 0 amide bonds. The second kappa shape index (κ2) is 7.91. The van der Waals surface area contributed by atoms with Crippen LogP contribution in [0.5, 0.6) is 11.5 Å². The number of benzene rings is 1. The number of fused-ring (bicyclic) bond motifs is 1. The molecular formula is C21H22F2N4O3. The summed E-state index contributed by atoms with van der Waals surface area (Å²) in [7, 11) is 0. The minimum Gasteiger partial charge on any atom is -0.461 e. The molecule has 1 atom stereocenters. The molecule has 0 fully saturated rings. The molecule has 0 aliphatic carbocycles. The third-order valence-electron chi connectivity index (χ3n) is 4.85. The van der Waals surface area contributed by atoms with E-state index in [1.54, 1.807) is 18.3 Å². The molecule has 3 aromatic rings. The number of hydrogen-bond acceptors (Lipinski definition) is 6. The molecule has 0 saturated heterocycles. The van der Waals surface area contributed by atoms with Gasteiger partial charge in [-0.15, -0.1) is 0 Å². The van der Waals surface area contributed by atoms with Crippen molar-refractivity contribution in [3.63, 3.8) is 0 Å². The largest absolute Gasteiger partial charge is 0.461 e. The van der Waals surface area contributed by atoms with Gasteiger partial charge in [-0.1, -0.05) is 13.8 Å². The Labute approximate surface area is 171 Å². The van der Waals surface area contributed by atoms with Crippen molar-refractivity contribution in [1.29, 1.82) is 0 Å². The highest BCUT2D eigenvalue weighted by Gasteiger charge is 2.34. The zero-order chi connectivity index (χ0) is 21.3. The van der Waals surface area contributed by atoms with E-state index in [0.717, 1.165) is 10.9 Å². The van der Waals surface area contributed by atoms with Crippen molar-refractivity contribution in [2.75, 3.05) is 25.1 Å². The number of aromatic amines is 1. The average Bonchev–Trinajstić information content (AvgIpc) is 3.17. The maximum absolute atomic E-state index is 14.7. The molecule has 0 bridgehead atoms. The number of aromatic nitrogens is 2. The van der Waals surface area contributed by atoms with Crippen LogP contribution >= 0.6 is 0 Å². The lowest BCUT2D eigenvalue weighted by Crippen LogP contribution is -2.43. The van der Waals surface area contributed by atoms with Crippen molar-refractivity contribution >= 4 is 22.7 Å². The van der Waals surface area contributed by atoms with Gasteiger partial charge < -0.3 is 24.9 Å². The Morgan fingerprint density at radius 2 is 2.17 bits per heavy atom. The van der Waals surface area contributed by atoms with Gasteiger partial charge in [-0.05, 0) is 29.7 Å². The Morgan fingerprint density at radius 1 is 1.33 bits per heavy atom. The number of anilines is 1. The van der Waals surface area contributed by atoms with Crippen molar-refractivity contribution in [3.8, 4) is 11.5 Å². The second-order valence-corrected chi connectivity index (χ2v) is 7.52. The van der Waals surface area contributed by atoms with Crippen molar-refractivity contribution in [1.82, 2.24) is 9.97 Å². The number of H-pyrrole nitrogens is 1. The van der Waals surface area contributed by atoms with Gasteiger partial charge in [0.05, 0.1) is 18.5 Å². The first-order valence-corrected chi connectivity index (χ1v) is 9.56. The molecule has 7 nitrogen and oxygen atoms in total. The molecular weight excluding hydrogens is 394 g/mol. The maximum Gasteiger partial charge on any atom is 0.289 e. The first kappa shape index (κ1) is 20.1. The SMILES string of the molecule is CC(C)c1c[nH]c2nccc(Oc3ccc(NC4=NC[C@@](F)(CO)CO4)cc3F)c12. The van der Waals surface area contributed by atoms with Gasteiger partial charge in [-0.3, -0.25) is 0 Å². The molecule has 30 heavy (non-hydrogen) atoms. The number of nitrogens with zero attached hydrogens (tertiary/aromatic N) is 2. The highest BCUT2D eigenvalue weighted by Crippen LogP contribution is 2.35. The first-order chi connectivity index (χ1) is 14.4. The Morgan fingerprint density at radius 3 is 2.83 bits per heavy atom. The topological polar surface area (TPSA) is 91.8 Å². The number of hydrogen-bond donors (Lipinski definition) is 3. The lowest BCUT2D eigenvalue weighted by molar-refractivity contribution is 0.0181. The number of aliphatic hydroxyl groups is 1. The Kier molecular flexibility index (Phi) is 5.29. The van der Waals surface area contributed by atoms with E-state index in [0.29, 0.717) is 17.1 Å². The Bertz CT molecular complexity index is 1100. The van der Waals surface area contributed by atoms with Crippen LogP contribution in [0.15, 0.2) is 41.7 Å². The van der Waals surface area contributed by atoms with Crippen molar-refractivity contribution in [2.45, 2.75) is 25.4 Å². The van der Waals surface area contributed by atoms with Crippen LogP contribution in [0.2, 0.25) is 0 Å². The summed E-state index contributed by atoms with van der Waals surface area (Å²) >= 11 is 0. The van der Waals surface area contributed by atoms with Gasteiger partial charge in [0.2, 0.25) is 0 Å². The monoisotopic (exact) mass is 416 g/mol. The number of nitrogens with one attached hydrogen (secondary N) is 2. The summed E-state index contributed by atoms with van der Waals surface area (Å²) in [6.07, 6.45) is 3.48. The summed E-state index contributed by atoms with van der Waals surface area (Å²) in [4.78, 5) is 11.3. The lowest BCUT2D eigenvalue weighted by Gasteiger charge is -2.26. The van der Waals surface area contributed by atoms with Crippen LogP contribution in [0.4, 0.5) is 14.5 Å². The van der Waals surface area contributed by atoms with Crippen LogP contribution in [0, 0.1) is 5.82 Å². The number of halogens is 2. The molecule has 1 aliphatic heterocycles.